The zero-order chi connectivity index (χ0) is 10.7. The topological polar surface area (TPSA) is 46.0 Å². The molecule has 0 bridgehead atoms. The van der Waals surface area contributed by atoms with Gasteiger partial charge in [-0.1, -0.05) is 0 Å². The first-order valence-electron chi connectivity index (χ1n) is 5.55. The van der Waals surface area contributed by atoms with E-state index < -0.39 is 0 Å². The summed E-state index contributed by atoms with van der Waals surface area (Å²) in [7, 11) is 2.03. The van der Waals surface area contributed by atoms with Crippen molar-refractivity contribution in [3.05, 3.63) is 11.6 Å². The van der Waals surface area contributed by atoms with Gasteiger partial charge in [-0.15, -0.1) is 10.2 Å². The molecule has 0 atom stereocenters. The summed E-state index contributed by atoms with van der Waals surface area (Å²) in [4.78, 5) is 2.43. The first kappa shape index (κ1) is 10.6. The molecule has 0 amide bonds. The summed E-state index contributed by atoms with van der Waals surface area (Å²) in [5, 5.41) is 11.7. The average molecular weight is 209 g/mol. The Labute approximate surface area is 90.5 Å². The Bertz CT molecular complexity index is 312. The molecule has 1 fully saturated rings. The molecule has 1 saturated heterocycles. The maximum Gasteiger partial charge on any atom is 0.146 e. The van der Waals surface area contributed by atoms with E-state index in [4.69, 9.17) is 0 Å². The molecule has 0 saturated carbocycles. The predicted molar refractivity (Wildman–Crippen MR) is 58.5 cm³/mol. The highest BCUT2D eigenvalue weighted by atomic mass is 15.3. The van der Waals surface area contributed by atoms with E-state index in [1.807, 2.05) is 14.0 Å². The minimum absolute atomic E-state index is 0.916. The van der Waals surface area contributed by atoms with Crippen molar-refractivity contribution in [1.29, 1.82) is 0 Å². The quantitative estimate of drug-likeness (QED) is 0.740. The molecular weight excluding hydrogens is 190 g/mol. The lowest BCUT2D eigenvalue weighted by atomic mass is 10.4. The van der Waals surface area contributed by atoms with Gasteiger partial charge in [-0.05, 0) is 26.4 Å². The zero-order valence-electron chi connectivity index (χ0n) is 9.53. The maximum atomic E-state index is 4.19. The van der Waals surface area contributed by atoms with Gasteiger partial charge in [0.2, 0.25) is 0 Å². The van der Waals surface area contributed by atoms with Crippen LogP contribution in [0.2, 0.25) is 0 Å². The van der Waals surface area contributed by atoms with Crippen molar-refractivity contribution in [3.63, 3.8) is 0 Å². The minimum Gasteiger partial charge on any atom is -0.317 e. The third-order valence-electron chi connectivity index (χ3n) is 2.98. The Kier molecular flexibility index (Phi) is 3.33. The summed E-state index contributed by atoms with van der Waals surface area (Å²) in [5.74, 6) is 2.05. The third kappa shape index (κ3) is 2.54. The average Bonchev–Trinajstić information content (AvgIpc) is 2.50. The van der Waals surface area contributed by atoms with Gasteiger partial charge in [0.15, 0.2) is 0 Å². The molecule has 0 radical (unpaired) electrons. The number of aromatic nitrogens is 3. The van der Waals surface area contributed by atoms with Crippen LogP contribution in [0.1, 0.15) is 18.1 Å². The molecule has 5 heteroatoms. The fourth-order valence-corrected chi connectivity index (χ4v) is 1.85. The van der Waals surface area contributed by atoms with Crippen LogP contribution in [-0.4, -0.2) is 45.8 Å². The van der Waals surface area contributed by atoms with Gasteiger partial charge in [0.1, 0.15) is 11.6 Å². The predicted octanol–water partition coefficient (Wildman–Crippen LogP) is -0.0812. The van der Waals surface area contributed by atoms with Crippen molar-refractivity contribution < 1.29 is 0 Å². The third-order valence-corrected chi connectivity index (χ3v) is 2.98. The second-order valence-corrected chi connectivity index (χ2v) is 4.10. The van der Waals surface area contributed by atoms with Gasteiger partial charge in [-0.3, -0.25) is 4.90 Å². The van der Waals surface area contributed by atoms with Gasteiger partial charge in [0.25, 0.3) is 0 Å². The Hall–Kier alpha value is -0.940. The van der Waals surface area contributed by atoms with Crippen LogP contribution < -0.4 is 5.32 Å². The molecule has 0 aliphatic carbocycles. The number of hydrogen-bond donors (Lipinski definition) is 1. The highest BCUT2D eigenvalue weighted by Crippen LogP contribution is 2.04. The normalized spacial score (nSPS) is 19.1. The Balaban J connectivity index is 1.98. The molecule has 2 heterocycles. The molecule has 1 N–H and O–H groups in total. The van der Waals surface area contributed by atoms with E-state index in [9.17, 15) is 0 Å². The molecule has 0 aromatic carbocycles. The van der Waals surface area contributed by atoms with Crippen molar-refractivity contribution in [2.45, 2.75) is 19.9 Å². The highest BCUT2D eigenvalue weighted by molar-refractivity contribution is 4.92. The van der Waals surface area contributed by atoms with Crippen molar-refractivity contribution in [1.82, 2.24) is 25.0 Å². The van der Waals surface area contributed by atoms with Crippen LogP contribution in [-0.2, 0) is 13.6 Å². The molecule has 0 unspecified atom stereocenters. The first-order valence-corrected chi connectivity index (χ1v) is 5.55. The molecule has 15 heavy (non-hydrogen) atoms. The SMILES string of the molecule is Cc1nnc(CN2CCCNCC2)n1C. The lowest BCUT2D eigenvalue weighted by Crippen LogP contribution is -2.28. The number of rotatable bonds is 2. The molecule has 1 aromatic heterocycles. The molecule has 84 valence electrons. The van der Waals surface area contributed by atoms with E-state index in [0.29, 0.717) is 0 Å². The van der Waals surface area contributed by atoms with Crippen LogP contribution in [0, 0.1) is 6.92 Å². The van der Waals surface area contributed by atoms with E-state index in [1.165, 1.54) is 6.42 Å². The van der Waals surface area contributed by atoms with E-state index in [-0.39, 0.29) is 0 Å². The van der Waals surface area contributed by atoms with E-state index in [1.54, 1.807) is 0 Å². The van der Waals surface area contributed by atoms with Crippen molar-refractivity contribution in [2.24, 2.45) is 7.05 Å². The van der Waals surface area contributed by atoms with Gasteiger partial charge in [0, 0.05) is 20.1 Å². The Morgan fingerprint density at radius 1 is 1.27 bits per heavy atom. The Morgan fingerprint density at radius 2 is 2.13 bits per heavy atom. The van der Waals surface area contributed by atoms with Gasteiger partial charge in [-0.2, -0.15) is 0 Å². The van der Waals surface area contributed by atoms with Crippen LogP contribution in [0.15, 0.2) is 0 Å². The second kappa shape index (κ2) is 4.72. The maximum absolute atomic E-state index is 4.19. The summed E-state index contributed by atoms with van der Waals surface area (Å²) in [6.45, 7) is 7.37. The largest absolute Gasteiger partial charge is 0.317 e. The summed E-state index contributed by atoms with van der Waals surface area (Å²) in [5.41, 5.74) is 0. The lowest BCUT2D eigenvalue weighted by Gasteiger charge is -2.18. The van der Waals surface area contributed by atoms with Crippen LogP contribution in [0.3, 0.4) is 0 Å². The van der Waals surface area contributed by atoms with Crippen molar-refractivity contribution >= 4 is 0 Å². The first-order chi connectivity index (χ1) is 7.27. The van der Waals surface area contributed by atoms with Gasteiger partial charge >= 0.3 is 0 Å². The standard InChI is InChI=1S/C10H19N5/c1-9-12-13-10(14(9)2)8-15-6-3-4-11-5-7-15/h11H,3-8H2,1-2H3. The second-order valence-electron chi connectivity index (χ2n) is 4.10. The molecule has 0 spiro atoms. The Morgan fingerprint density at radius 3 is 2.87 bits per heavy atom. The number of hydrogen-bond acceptors (Lipinski definition) is 4. The van der Waals surface area contributed by atoms with Crippen LogP contribution in [0.4, 0.5) is 0 Å². The van der Waals surface area contributed by atoms with Gasteiger partial charge in [-0.25, -0.2) is 0 Å². The van der Waals surface area contributed by atoms with E-state index in [0.717, 1.165) is 44.4 Å². The van der Waals surface area contributed by atoms with Crippen molar-refractivity contribution in [3.8, 4) is 0 Å². The molecular formula is C10H19N5. The molecule has 1 aliphatic rings. The summed E-state index contributed by atoms with van der Waals surface area (Å²) >= 11 is 0. The zero-order valence-corrected chi connectivity index (χ0v) is 9.53. The van der Waals surface area contributed by atoms with E-state index >= 15 is 0 Å². The van der Waals surface area contributed by atoms with Gasteiger partial charge < -0.3 is 9.88 Å². The van der Waals surface area contributed by atoms with Crippen LogP contribution in [0.25, 0.3) is 0 Å². The summed E-state index contributed by atoms with van der Waals surface area (Å²) in [6.07, 6.45) is 1.22. The monoisotopic (exact) mass is 209 g/mol. The summed E-state index contributed by atoms with van der Waals surface area (Å²) < 4.78 is 2.07. The number of aryl methyl sites for hydroxylation is 1. The molecule has 1 aromatic rings. The fourth-order valence-electron chi connectivity index (χ4n) is 1.85. The summed E-state index contributed by atoms with van der Waals surface area (Å²) in [6, 6.07) is 0. The molecule has 2 rings (SSSR count). The molecule has 1 aliphatic heterocycles. The smallest absolute Gasteiger partial charge is 0.146 e. The fraction of sp³-hybridized carbons (Fsp3) is 0.800. The van der Waals surface area contributed by atoms with Crippen LogP contribution >= 0.6 is 0 Å². The molecule has 5 nitrogen and oxygen atoms in total. The van der Waals surface area contributed by atoms with Gasteiger partial charge in [0.05, 0.1) is 6.54 Å². The highest BCUT2D eigenvalue weighted by Gasteiger charge is 2.12. The van der Waals surface area contributed by atoms with Crippen LogP contribution in [0.5, 0.6) is 0 Å². The number of nitrogens with one attached hydrogen (secondary N) is 1. The number of nitrogens with zero attached hydrogens (tertiary/aromatic N) is 4. The van der Waals surface area contributed by atoms with E-state index in [2.05, 4.69) is 25.0 Å². The lowest BCUT2D eigenvalue weighted by molar-refractivity contribution is 0.274. The minimum atomic E-state index is 0.916. The van der Waals surface area contributed by atoms with Crippen molar-refractivity contribution in [2.75, 3.05) is 26.2 Å².